The lowest BCUT2D eigenvalue weighted by atomic mass is 9.88. The molecule has 16 heavy (non-hydrogen) atoms. The van der Waals surface area contributed by atoms with Crippen LogP contribution in [-0.2, 0) is 12.0 Å². The molecular formula is C13H15FN2. The van der Waals surface area contributed by atoms with Crippen LogP contribution >= 0.6 is 0 Å². The maximum atomic E-state index is 13.4. The van der Waals surface area contributed by atoms with Gasteiger partial charge >= 0.3 is 0 Å². The fourth-order valence-electron chi connectivity index (χ4n) is 2.62. The number of aryl methyl sites for hydroxylation is 1. The van der Waals surface area contributed by atoms with E-state index in [1.54, 1.807) is 12.1 Å². The van der Waals surface area contributed by atoms with Crippen LogP contribution in [0.2, 0.25) is 0 Å². The quantitative estimate of drug-likeness (QED) is 0.677. The minimum atomic E-state index is -0.321. The SMILES string of the molecule is CC1(C)CCn2c1cc1cc(N)c(F)cc12. The van der Waals surface area contributed by atoms with Crippen LogP contribution in [0.1, 0.15) is 26.0 Å². The topological polar surface area (TPSA) is 30.9 Å². The van der Waals surface area contributed by atoms with E-state index in [-0.39, 0.29) is 16.9 Å². The molecule has 0 aliphatic carbocycles. The lowest BCUT2D eigenvalue weighted by molar-refractivity contribution is 0.521. The molecule has 0 amide bonds. The van der Waals surface area contributed by atoms with Gasteiger partial charge in [-0.15, -0.1) is 0 Å². The molecule has 3 heteroatoms. The molecule has 2 heterocycles. The first-order valence-electron chi connectivity index (χ1n) is 5.58. The number of hydrogen-bond acceptors (Lipinski definition) is 1. The Hall–Kier alpha value is -1.51. The number of anilines is 1. The first-order valence-corrected chi connectivity index (χ1v) is 5.58. The molecule has 1 aliphatic heterocycles. The highest BCUT2D eigenvalue weighted by Crippen LogP contribution is 2.39. The minimum Gasteiger partial charge on any atom is -0.396 e. The molecule has 0 spiro atoms. The number of aromatic nitrogens is 1. The van der Waals surface area contributed by atoms with Gasteiger partial charge in [-0.3, -0.25) is 0 Å². The second-order valence-electron chi connectivity index (χ2n) is 5.25. The van der Waals surface area contributed by atoms with Crippen molar-refractivity contribution in [2.75, 3.05) is 5.73 Å². The van der Waals surface area contributed by atoms with E-state index in [1.165, 1.54) is 5.69 Å². The van der Waals surface area contributed by atoms with Crippen molar-refractivity contribution < 1.29 is 4.39 Å². The van der Waals surface area contributed by atoms with Crippen LogP contribution in [0.4, 0.5) is 10.1 Å². The second kappa shape index (κ2) is 2.78. The van der Waals surface area contributed by atoms with Gasteiger partial charge in [-0.25, -0.2) is 4.39 Å². The van der Waals surface area contributed by atoms with Gasteiger partial charge in [-0.2, -0.15) is 0 Å². The third kappa shape index (κ3) is 1.11. The molecule has 0 fully saturated rings. The summed E-state index contributed by atoms with van der Waals surface area (Å²) < 4.78 is 15.7. The second-order valence-corrected chi connectivity index (χ2v) is 5.25. The van der Waals surface area contributed by atoms with Crippen molar-refractivity contribution in [1.29, 1.82) is 0 Å². The number of nitrogens with zero attached hydrogens (tertiary/aromatic N) is 1. The number of nitrogen functional groups attached to an aromatic ring is 1. The Morgan fingerprint density at radius 2 is 2.06 bits per heavy atom. The summed E-state index contributed by atoms with van der Waals surface area (Å²) in [6.07, 6.45) is 1.12. The molecule has 0 saturated heterocycles. The van der Waals surface area contributed by atoms with Gasteiger partial charge in [-0.05, 0) is 18.6 Å². The Kier molecular flexibility index (Phi) is 1.69. The van der Waals surface area contributed by atoms with E-state index in [1.807, 2.05) is 0 Å². The summed E-state index contributed by atoms with van der Waals surface area (Å²) in [4.78, 5) is 0. The summed E-state index contributed by atoms with van der Waals surface area (Å²) in [6.45, 7) is 5.42. The summed E-state index contributed by atoms with van der Waals surface area (Å²) >= 11 is 0. The smallest absolute Gasteiger partial charge is 0.148 e. The lowest BCUT2D eigenvalue weighted by Crippen LogP contribution is -2.11. The van der Waals surface area contributed by atoms with Crippen LogP contribution in [0.3, 0.4) is 0 Å². The molecule has 0 atom stereocenters. The van der Waals surface area contributed by atoms with Crippen molar-refractivity contribution in [3.8, 4) is 0 Å². The molecule has 0 unspecified atom stereocenters. The monoisotopic (exact) mass is 218 g/mol. The maximum Gasteiger partial charge on any atom is 0.148 e. The van der Waals surface area contributed by atoms with Crippen molar-refractivity contribution in [3.05, 3.63) is 29.7 Å². The van der Waals surface area contributed by atoms with Crippen molar-refractivity contribution in [3.63, 3.8) is 0 Å². The van der Waals surface area contributed by atoms with E-state index in [0.717, 1.165) is 23.9 Å². The minimum absolute atomic E-state index is 0.185. The van der Waals surface area contributed by atoms with Gasteiger partial charge < -0.3 is 10.3 Å². The molecule has 1 aromatic heterocycles. The zero-order valence-corrected chi connectivity index (χ0v) is 9.55. The maximum absolute atomic E-state index is 13.4. The van der Waals surface area contributed by atoms with Crippen LogP contribution in [0.15, 0.2) is 18.2 Å². The highest BCUT2D eigenvalue weighted by molar-refractivity contribution is 5.85. The summed E-state index contributed by atoms with van der Waals surface area (Å²) in [7, 11) is 0. The standard InChI is InChI=1S/C13H15FN2/c1-13(2)3-4-16-11-7-9(14)10(15)5-8(11)6-12(13)16/h5-7H,3-4,15H2,1-2H3. The fraction of sp³-hybridized carbons (Fsp3) is 0.385. The van der Waals surface area contributed by atoms with Crippen molar-refractivity contribution >= 4 is 16.6 Å². The fourth-order valence-corrected chi connectivity index (χ4v) is 2.62. The van der Waals surface area contributed by atoms with Crippen molar-refractivity contribution in [2.24, 2.45) is 0 Å². The molecule has 3 rings (SSSR count). The molecule has 2 aromatic rings. The molecule has 1 aliphatic rings. The van der Waals surface area contributed by atoms with E-state index in [4.69, 9.17) is 5.73 Å². The van der Waals surface area contributed by atoms with Gasteiger partial charge in [0.2, 0.25) is 0 Å². The Balaban J connectivity index is 2.36. The van der Waals surface area contributed by atoms with Crippen LogP contribution in [0.25, 0.3) is 10.9 Å². The average Bonchev–Trinajstić information content (AvgIpc) is 2.68. The van der Waals surface area contributed by atoms with Gasteiger partial charge in [0.05, 0.1) is 11.2 Å². The number of benzene rings is 1. The van der Waals surface area contributed by atoms with E-state index < -0.39 is 0 Å². The summed E-state index contributed by atoms with van der Waals surface area (Å²) in [5.74, 6) is -0.321. The molecule has 0 radical (unpaired) electrons. The van der Waals surface area contributed by atoms with E-state index in [9.17, 15) is 4.39 Å². The van der Waals surface area contributed by atoms with Gasteiger partial charge in [0.1, 0.15) is 5.82 Å². The molecule has 2 nitrogen and oxygen atoms in total. The molecule has 84 valence electrons. The van der Waals surface area contributed by atoms with Gasteiger partial charge in [-0.1, -0.05) is 13.8 Å². The van der Waals surface area contributed by atoms with Gasteiger partial charge in [0.25, 0.3) is 0 Å². The van der Waals surface area contributed by atoms with Gasteiger partial charge in [0, 0.05) is 29.1 Å². The number of fused-ring (bicyclic) bond motifs is 3. The third-order valence-corrected chi connectivity index (χ3v) is 3.67. The first-order chi connectivity index (χ1) is 7.49. The molecule has 0 saturated carbocycles. The highest BCUT2D eigenvalue weighted by atomic mass is 19.1. The van der Waals surface area contributed by atoms with Crippen molar-refractivity contribution in [1.82, 2.24) is 4.57 Å². The first kappa shape index (κ1) is 9.70. The Morgan fingerprint density at radius 1 is 1.31 bits per heavy atom. The van der Waals surface area contributed by atoms with E-state index in [0.29, 0.717) is 0 Å². The van der Waals surface area contributed by atoms with E-state index >= 15 is 0 Å². The molecule has 1 aromatic carbocycles. The molecule has 0 bridgehead atoms. The van der Waals surface area contributed by atoms with Crippen LogP contribution < -0.4 is 5.73 Å². The zero-order chi connectivity index (χ0) is 11.5. The Labute approximate surface area is 93.9 Å². The number of nitrogens with two attached hydrogens (primary N) is 1. The molecular weight excluding hydrogens is 203 g/mol. The number of halogens is 1. The van der Waals surface area contributed by atoms with E-state index in [2.05, 4.69) is 24.5 Å². The third-order valence-electron chi connectivity index (χ3n) is 3.67. The molecule has 2 N–H and O–H groups in total. The summed E-state index contributed by atoms with van der Waals surface area (Å²) in [5, 5.41) is 1.04. The predicted molar refractivity (Wildman–Crippen MR) is 64.0 cm³/mol. The Morgan fingerprint density at radius 3 is 2.81 bits per heavy atom. The largest absolute Gasteiger partial charge is 0.396 e. The lowest BCUT2D eigenvalue weighted by Gasteiger charge is -2.15. The normalized spacial score (nSPS) is 17.9. The van der Waals surface area contributed by atoms with Gasteiger partial charge in [0.15, 0.2) is 0 Å². The number of hydrogen-bond donors (Lipinski definition) is 1. The highest BCUT2D eigenvalue weighted by Gasteiger charge is 2.31. The van der Waals surface area contributed by atoms with Crippen LogP contribution in [-0.4, -0.2) is 4.57 Å². The van der Waals surface area contributed by atoms with Crippen molar-refractivity contribution in [2.45, 2.75) is 32.2 Å². The predicted octanol–water partition coefficient (Wildman–Crippen LogP) is 3.04. The summed E-state index contributed by atoms with van der Waals surface area (Å²) in [5.41, 5.74) is 8.25. The summed E-state index contributed by atoms with van der Waals surface area (Å²) in [6, 6.07) is 5.42. The van der Waals surface area contributed by atoms with Crippen LogP contribution in [0.5, 0.6) is 0 Å². The number of rotatable bonds is 0. The zero-order valence-electron chi connectivity index (χ0n) is 9.55. The average molecular weight is 218 g/mol. The van der Waals surface area contributed by atoms with Crippen LogP contribution in [0, 0.1) is 5.82 Å². The Bertz CT molecular complexity index is 581.